The Hall–Kier alpha value is 0.450. The predicted octanol–water partition coefficient (Wildman–Crippen LogP) is 2.78. The van der Waals surface area contributed by atoms with Crippen LogP contribution in [0.25, 0.3) is 0 Å². The average molecular weight is 245 g/mol. The van der Waals surface area contributed by atoms with Crippen molar-refractivity contribution in [3.8, 4) is 0 Å². The van der Waals surface area contributed by atoms with Crippen molar-refractivity contribution in [3.05, 3.63) is 0 Å². The first kappa shape index (κ1) is 10.4. The number of alkyl halides is 6. The van der Waals surface area contributed by atoms with Gasteiger partial charge in [0.25, 0.3) is 0 Å². The van der Waals surface area contributed by atoms with Crippen molar-refractivity contribution in [2.45, 2.75) is 17.0 Å². The van der Waals surface area contributed by atoms with Gasteiger partial charge in [-0.25, -0.2) is 0 Å². The van der Waals surface area contributed by atoms with Gasteiger partial charge in [-0.05, 0) is 0 Å². The predicted molar refractivity (Wildman–Crippen MR) is 30.6 cm³/mol. The zero-order valence-electron chi connectivity index (χ0n) is 4.33. The molecule has 1 atom stereocenters. The minimum absolute atomic E-state index is 1.95. The van der Waals surface area contributed by atoms with Crippen LogP contribution in [0.4, 0.5) is 17.6 Å². The van der Waals surface area contributed by atoms with E-state index in [4.69, 9.17) is 11.6 Å². The average Bonchev–Trinajstić information content (AvgIpc) is 1.60. The molecular formula is C3H2BrClF4O. The van der Waals surface area contributed by atoms with E-state index in [1.165, 1.54) is 0 Å². The molecule has 62 valence electrons. The Kier molecular flexibility index (Phi) is 3.90. The van der Waals surface area contributed by atoms with E-state index >= 15 is 0 Å². The van der Waals surface area contributed by atoms with Crippen LogP contribution in [0.3, 0.4) is 0 Å². The van der Waals surface area contributed by atoms with Crippen molar-refractivity contribution < 1.29 is 22.3 Å². The van der Waals surface area contributed by atoms with E-state index in [1.54, 1.807) is 0 Å². The summed E-state index contributed by atoms with van der Waals surface area (Å²) in [6.07, 6.45) is -4.05. The fourth-order valence-electron chi connectivity index (χ4n) is 0.170. The quantitative estimate of drug-likeness (QED) is 0.549. The molecule has 0 saturated heterocycles. The molecule has 0 aliphatic heterocycles. The summed E-state index contributed by atoms with van der Waals surface area (Å²) in [5.41, 5.74) is 0. The van der Waals surface area contributed by atoms with Gasteiger partial charge < -0.3 is 0 Å². The molecule has 10 heavy (non-hydrogen) atoms. The molecule has 0 amide bonds. The topological polar surface area (TPSA) is 9.23 Å². The maximum absolute atomic E-state index is 11.9. The number of ether oxygens (including phenoxy) is 1. The van der Waals surface area contributed by atoms with Crippen molar-refractivity contribution in [2.75, 3.05) is 0 Å². The lowest BCUT2D eigenvalue weighted by atomic mass is 10.7. The highest BCUT2D eigenvalue weighted by molar-refractivity contribution is 9.10. The largest absolute Gasteiger partial charge is 0.386 e. The third kappa shape index (κ3) is 3.58. The zero-order valence-corrected chi connectivity index (χ0v) is 6.67. The molecule has 0 aliphatic carbocycles. The van der Waals surface area contributed by atoms with E-state index in [-0.39, 0.29) is 0 Å². The summed E-state index contributed by atoms with van der Waals surface area (Å²) in [7, 11) is 0. The highest BCUT2D eigenvalue weighted by atomic mass is 79.9. The van der Waals surface area contributed by atoms with Crippen LogP contribution in [-0.4, -0.2) is 17.0 Å². The van der Waals surface area contributed by atoms with Gasteiger partial charge in [0.15, 0.2) is 4.29 Å². The van der Waals surface area contributed by atoms with Crippen LogP contribution in [0, 0.1) is 0 Å². The summed E-state index contributed by atoms with van der Waals surface area (Å²) in [5, 5.41) is 0. The Morgan fingerprint density at radius 3 is 1.90 bits per heavy atom. The lowest BCUT2D eigenvalue weighted by Crippen LogP contribution is -2.30. The molecule has 0 bridgehead atoms. The van der Waals surface area contributed by atoms with Crippen molar-refractivity contribution in [3.63, 3.8) is 0 Å². The molecule has 0 aliphatic rings. The minimum Gasteiger partial charge on any atom is -0.256 e. The summed E-state index contributed by atoms with van der Waals surface area (Å²) in [6.45, 7) is -3.53. The first-order valence-electron chi connectivity index (χ1n) is 1.98. The molecule has 0 aromatic heterocycles. The maximum Gasteiger partial charge on any atom is 0.386 e. The Bertz CT molecular complexity index is 109. The van der Waals surface area contributed by atoms with Crippen LogP contribution in [0.1, 0.15) is 0 Å². The van der Waals surface area contributed by atoms with E-state index < -0.39 is 17.0 Å². The monoisotopic (exact) mass is 244 g/mol. The van der Waals surface area contributed by atoms with Crippen LogP contribution in [0.5, 0.6) is 0 Å². The fraction of sp³-hybridized carbons (Fsp3) is 1.00. The number of halogens is 6. The van der Waals surface area contributed by atoms with Crippen LogP contribution in [0.2, 0.25) is 0 Å². The van der Waals surface area contributed by atoms with E-state index in [0.29, 0.717) is 0 Å². The van der Waals surface area contributed by atoms with Crippen LogP contribution < -0.4 is 0 Å². The van der Waals surface area contributed by atoms with Crippen LogP contribution in [0.15, 0.2) is 0 Å². The normalized spacial score (nSPS) is 15.9. The van der Waals surface area contributed by atoms with Crippen molar-refractivity contribution in [1.29, 1.82) is 0 Å². The van der Waals surface area contributed by atoms with E-state index in [9.17, 15) is 17.6 Å². The van der Waals surface area contributed by atoms with Gasteiger partial charge in [-0.3, -0.25) is 4.74 Å². The molecule has 0 aromatic carbocycles. The van der Waals surface area contributed by atoms with Crippen molar-refractivity contribution in [2.24, 2.45) is 0 Å². The molecule has 0 radical (unpaired) electrons. The second-order valence-corrected chi connectivity index (χ2v) is 3.12. The number of rotatable bonds is 3. The maximum atomic E-state index is 11.9. The molecule has 7 heteroatoms. The van der Waals surface area contributed by atoms with Crippen molar-refractivity contribution >= 4 is 27.5 Å². The van der Waals surface area contributed by atoms with Gasteiger partial charge in [0.2, 0.25) is 0 Å². The molecule has 0 fully saturated rings. The lowest BCUT2D eigenvalue weighted by Gasteiger charge is -2.16. The Balaban J connectivity index is 3.87. The van der Waals surface area contributed by atoms with Gasteiger partial charge in [0.1, 0.15) is 0 Å². The molecular weight excluding hydrogens is 243 g/mol. The molecule has 0 saturated carbocycles. The highest BCUT2D eigenvalue weighted by Gasteiger charge is 2.41. The minimum atomic E-state index is -4.05. The van der Waals surface area contributed by atoms with Gasteiger partial charge in [-0.1, -0.05) is 15.9 Å². The second-order valence-electron chi connectivity index (χ2n) is 1.24. The molecule has 0 spiro atoms. The third-order valence-corrected chi connectivity index (χ3v) is 1.29. The highest BCUT2D eigenvalue weighted by Crippen LogP contribution is 2.30. The molecule has 1 unspecified atom stereocenters. The third-order valence-electron chi connectivity index (χ3n) is 0.500. The molecule has 0 N–H and O–H groups in total. The zero-order chi connectivity index (χ0) is 8.36. The summed E-state index contributed by atoms with van der Waals surface area (Å²) in [4.78, 5) is 0. The van der Waals surface area contributed by atoms with Crippen LogP contribution in [-0.2, 0) is 4.74 Å². The van der Waals surface area contributed by atoms with Gasteiger partial charge >= 0.3 is 12.7 Å². The number of hydrogen-bond donors (Lipinski definition) is 0. The molecule has 1 nitrogen and oxygen atoms in total. The fourth-order valence-corrected chi connectivity index (χ4v) is 0.330. The Morgan fingerprint density at radius 1 is 1.40 bits per heavy atom. The van der Waals surface area contributed by atoms with Gasteiger partial charge in [-0.2, -0.15) is 17.6 Å². The number of hydrogen-bond acceptors (Lipinski definition) is 1. The SMILES string of the molecule is FC(F)OC(F)(F)C(Cl)Br. The summed E-state index contributed by atoms with van der Waals surface area (Å²) in [6, 6.07) is 0. The van der Waals surface area contributed by atoms with E-state index in [2.05, 4.69) is 20.7 Å². The summed E-state index contributed by atoms with van der Waals surface area (Å²) >= 11 is 6.90. The molecule has 0 heterocycles. The summed E-state index contributed by atoms with van der Waals surface area (Å²) < 4.78 is 47.0. The first-order chi connectivity index (χ1) is 4.36. The Labute approximate surface area is 67.4 Å². The van der Waals surface area contributed by atoms with E-state index in [0.717, 1.165) is 0 Å². The lowest BCUT2D eigenvalue weighted by molar-refractivity contribution is -0.310. The van der Waals surface area contributed by atoms with Gasteiger partial charge in [0.05, 0.1) is 0 Å². The van der Waals surface area contributed by atoms with Gasteiger partial charge in [0, 0.05) is 0 Å². The summed E-state index contributed by atoms with van der Waals surface area (Å²) in [5.74, 6) is 0. The second kappa shape index (κ2) is 3.73. The van der Waals surface area contributed by atoms with E-state index in [1.807, 2.05) is 0 Å². The molecule has 0 aromatic rings. The van der Waals surface area contributed by atoms with Crippen LogP contribution >= 0.6 is 27.5 Å². The Morgan fingerprint density at radius 2 is 1.80 bits per heavy atom. The first-order valence-corrected chi connectivity index (χ1v) is 3.33. The molecule has 0 rings (SSSR count). The smallest absolute Gasteiger partial charge is 0.256 e. The standard InChI is InChI=1S/C3H2BrClF4O/c4-1(5)3(8,9)10-2(6)7/h1-2H. The van der Waals surface area contributed by atoms with Crippen molar-refractivity contribution in [1.82, 2.24) is 0 Å². The van der Waals surface area contributed by atoms with Gasteiger partial charge in [-0.15, -0.1) is 11.6 Å².